The van der Waals surface area contributed by atoms with Gasteiger partial charge in [-0.25, -0.2) is 0 Å². The Balaban J connectivity index is 1.96. The summed E-state index contributed by atoms with van der Waals surface area (Å²) in [6, 6.07) is 9.34. The number of nitrogens with zero attached hydrogens (tertiary/aromatic N) is 1. The molecule has 1 aliphatic rings. The van der Waals surface area contributed by atoms with Crippen molar-refractivity contribution in [2.45, 2.75) is 58.7 Å². The van der Waals surface area contributed by atoms with Crippen LogP contribution in [0.1, 0.15) is 52.6 Å². The van der Waals surface area contributed by atoms with E-state index in [1.807, 2.05) is 0 Å². The van der Waals surface area contributed by atoms with E-state index in [9.17, 15) is 0 Å². The lowest BCUT2D eigenvalue weighted by molar-refractivity contribution is 0.0787. The number of hydrogen-bond donors (Lipinski definition) is 1. The van der Waals surface area contributed by atoms with Crippen LogP contribution in [0.2, 0.25) is 0 Å². The summed E-state index contributed by atoms with van der Waals surface area (Å²) in [5.41, 5.74) is 2.79. The lowest BCUT2D eigenvalue weighted by Crippen LogP contribution is -2.37. The molecule has 1 fully saturated rings. The van der Waals surface area contributed by atoms with Crippen LogP contribution in [-0.2, 0) is 4.74 Å². The summed E-state index contributed by atoms with van der Waals surface area (Å²) in [5.74, 6) is 0. The van der Waals surface area contributed by atoms with Crippen LogP contribution in [-0.4, -0.2) is 31.3 Å². The van der Waals surface area contributed by atoms with Gasteiger partial charge in [0.1, 0.15) is 0 Å². The zero-order valence-corrected chi connectivity index (χ0v) is 14.1. The first-order chi connectivity index (χ1) is 9.89. The normalized spacial score (nSPS) is 20.8. The van der Waals surface area contributed by atoms with Gasteiger partial charge >= 0.3 is 0 Å². The van der Waals surface area contributed by atoms with Gasteiger partial charge in [-0.1, -0.05) is 12.1 Å². The summed E-state index contributed by atoms with van der Waals surface area (Å²) < 4.78 is 5.72. The van der Waals surface area contributed by atoms with E-state index in [0.29, 0.717) is 12.1 Å². The zero-order chi connectivity index (χ0) is 15.5. The molecule has 1 aliphatic heterocycles. The molecule has 0 radical (unpaired) electrons. The SMILES string of the molecule is CCO[C@H]1CCN(c2ccc(C(C)NC(C)(C)C)cc2)C1. The fourth-order valence-electron chi connectivity index (χ4n) is 3.04. The first kappa shape index (κ1) is 16.3. The number of nitrogens with one attached hydrogen (secondary N) is 1. The Kier molecular flexibility index (Phi) is 5.28. The maximum atomic E-state index is 5.72. The lowest BCUT2D eigenvalue weighted by atomic mass is 10.0. The molecular formula is C18H30N2O. The summed E-state index contributed by atoms with van der Waals surface area (Å²) >= 11 is 0. The highest BCUT2D eigenvalue weighted by Crippen LogP contribution is 2.24. The topological polar surface area (TPSA) is 24.5 Å². The predicted molar refractivity (Wildman–Crippen MR) is 90.0 cm³/mol. The number of benzene rings is 1. The van der Waals surface area contributed by atoms with E-state index in [-0.39, 0.29) is 5.54 Å². The molecule has 2 rings (SSSR count). The third-order valence-corrected chi connectivity index (χ3v) is 3.96. The standard InChI is InChI=1S/C18H30N2O/c1-6-21-17-11-12-20(13-17)16-9-7-15(8-10-16)14(2)19-18(3,4)5/h7-10,14,17,19H,6,11-13H2,1-5H3/t14?,17-/m0/s1. The summed E-state index contributed by atoms with van der Waals surface area (Å²) in [5, 5.41) is 3.61. The fourth-order valence-corrected chi connectivity index (χ4v) is 3.04. The van der Waals surface area contributed by atoms with Crippen molar-refractivity contribution in [2.24, 2.45) is 0 Å². The summed E-state index contributed by atoms with van der Waals surface area (Å²) in [6.07, 6.45) is 1.54. The molecule has 118 valence electrons. The maximum absolute atomic E-state index is 5.72. The van der Waals surface area contributed by atoms with Gasteiger partial charge in [0.05, 0.1) is 6.10 Å². The van der Waals surface area contributed by atoms with Gasteiger partial charge in [0.15, 0.2) is 0 Å². The Labute approximate surface area is 129 Å². The smallest absolute Gasteiger partial charge is 0.0766 e. The second kappa shape index (κ2) is 6.80. The van der Waals surface area contributed by atoms with E-state index < -0.39 is 0 Å². The van der Waals surface area contributed by atoms with Crippen LogP contribution < -0.4 is 10.2 Å². The van der Waals surface area contributed by atoms with Gasteiger partial charge in [0.25, 0.3) is 0 Å². The fraction of sp³-hybridized carbons (Fsp3) is 0.667. The lowest BCUT2D eigenvalue weighted by Gasteiger charge is -2.27. The van der Waals surface area contributed by atoms with Crippen LogP contribution in [0.5, 0.6) is 0 Å². The molecule has 0 spiro atoms. The highest BCUT2D eigenvalue weighted by Gasteiger charge is 2.23. The highest BCUT2D eigenvalue weighted by atomic mass is 16.5. The first-order valence-electron chi connectivity index (χ1n) is 8.13. The zero-order valence-electron chi connectivity index (χ0n) is 14.1. The van der Waals surface area contributed by atoms with Crippen molar-refractivity contribution in [1.29, 1.82) is 0 Å². The van der Waals surface area contributed by atoms with Crippen molar-refractivity contribution < 1.29 is 4.74 Å². The second-order valence-corrected chi connectivity index (χ2v) is 7.02. The number of rotatable bonds is 5. The molecule has 1 unspecified atom stereocenters. The van der Waals surface area contributed by atoms with E-state index in [2.05, 4.69) is 69.1 Å². The van der Waals surface area contributed by atoms with Gasteiger partial charge in [-0.15, -0.1) is 0 Å². The van der Waals surface area contributed by atoms with Crippen molar-refractivity contribution in [2.75, 3.05) is 24.6 Å². The molecule has 1 N–H and O–H groups in total. The minimum atomic E-state index is 0.137. The average molecular weight is 290 g/mol. The summed E-state index contributed by atoms with van der Waals surface area (Å²) in [6.45, 7) is 13.8. The number of anilines is 1. The molecule has 0 aliphatic carbocycles. The van der Waals surface area contributed by atoms with Crippen molar-refractivity contribution in [3.8, 4) is 0 Å². The third-order valence-electron chi connectivity index (χ3n) is 3.96. The molecule has 1 aromatic carbocycles. The monoisotopic (exact) mass is 290 g/mol. The van der Waals surface area contributed by atoms with Crippen molar-refractivity contribution >= 4 is 5.69 Å². The minimum absolute atomic E-state index is 0.137. The van der Waals surface area contributed by atoms with E-state index in [4.69, 9.17) is 4.74 Å². The summed E-state index contributed by atoms with van der Waals surface area (Å²) in [4.78, 5) is 2.42. The molecule has 0 amide bonds. The second-order valence-electron chi connectivity index (χ2n) is 7.02. The maximum Gasteiger partial charge on any atom is 0.0766 e. The molecule has 0 bridgehead atoms. The Morgan fingerprint density at radius 3 is 2.52 bits per heavy atom. The predicted octanol–water partition coefficient (Wildman–Crippen LogP) is 3.75. The Hall–Kier alpha value is -1.06. The average Bonchev–Trinajstić information content (AvgIpc) is 2.86. The van der Waals surface area contributed by atoms with Crippen molar-refractivity contribution in [3.05, 3.63) is 29.8 Å². The van der Waals surface area contributed by atoms with Gasteiger partial charge in [-0.3, -0.25) is 0 Å². The Bertz CT molecular complexity index is 436. The van der Waals surface area contributed by atoms with Crippen LogP contribution in [0, 0.1) is 0 Å². The molecule has 0 saturated carbocycles. The molecule has 3 heteroatoms. The third kappa shape index (κ3) is 4.72. The molecular weight excluding hydrogens is 260 g/mol. The van der Waals surface area contributed by atoms with Gasteiger partial charge in [0, 0.05) is 37.0 Å². The van der Waals surface area contributed by atoms with Crippen LogP contribution in [0.25, 0.3) is 0 Å². The largest absolute Gasteiger partial charge is 0.377 e. The van der Waals surface area contributed by atoms with Gasteiger partial charge in [-0.05, 0) is 58.7 Å². The molecule has 1 saturated heterocycles. The Morgan fingerprint density at radius 2 is 1.95 bits per heavy atom. The highest BCUT2D eigenvalue weighted by molar-refractivity contribution is 5.49. The van der Waals surface area contributed by atoms with E-state index in [1.165, 1.54) is 11.3 Å². The van der Waals surface area contributed by atoms with Gasteiger partial charge in [0.2, 0.25) is 0 Å². The molecule has 1 aromatic rings. The number of ether oxygens (including phenoxy) is 1. The quantitative estimate of drug-likeness (QED) is 0.894. The van der Waals surface area contributed by atoms with Crippen molar-refractivity contribution in [3.63, 3.8) is 0 Å². The first-order valence-corrected chi connectivity index (χ1v) is 8.13. The van der Waals surface area contributed by atoms with Crippen LogP contribution in [0.15, 0.2) is 24.3 Å². The summed E-state index contributed by atoms with van der Waals surface area (Å²) in [7, 11) is 0. The Morgan fingerprint density at radius 1 is 1.29 bits per heavy atom. The van der Waals surface area contributed by atoms with Crippen LogP contribution in [0.4, 0.5) is 5.69 Å². The molecule has 2 atom stereocenters. The van der Waals surface area contributed by atoms with Crippen molar-refractivity contribution in [1.82, 2.24) is 5.32 Å². The van der Waals surface area contributed by atoms with Crippen LogP contribution in [0.3, 0.4) is 0 Å². The van der Waals surface area contributed by atoms with E-state index >= 15 is 0 Å². The molecule has 0 aromatic heterocycles. The van der Waals surface area contributed by atoms with E-state index in [0.717, 1.165) is 26.1 Å². The molecule has 3 nitrogen and oxygen atoms in total. The van der Waals surface area contributed by atoms with E-state index in [1.54, 1.807) is 0 Å². The van der Waals surface area contributed by atoms with Gasteiger partial charge in [-0.2, -0.15) is 0 Å². The number of hydrogen-bond acceptors (Lipinski definition) is 3. The molecule has 1 heterocycles. The van der Waals surface area contributed by atoms with Crippen LogP contribution >= 0.6 is 0 Å². The van der Waals surface area contributed by atoms with Gasteiger partial charge < -0.3 is 15.0 Å². The minimum Gasteiger partial charge on any atom is -0.377 e. The molecule has 21 heavy (non-hydrogen) atoms.